The van der Waals surface area contributed by atoms with E-state index >= 15 is 0 Å². The van der Waals surface area contributed by atoms with E-state index in [2.05, 4.69) is 50.2 Å². The predicted octanol–water partition coefficient (Wildman–Crippen LogP) is 3.93. The smallest absolute Gasteiger partial charge is 0.247 e. The summed E-state index contributed by atoms with van der Waals surface area (Å²) in [6.45, 7) is 3.53. The molecular formula is C20H16IN5O2. The molecule has 0 fully saturated rings. The maximum Gasteiger partial charge on any atom is 0.247 e. The first-order valence-electron chi connectivity index (χ1n) is 8.42. The molecule has 7 nitrogen and oxygen atoms in total. The lowest BCUT2D eigenvalue weighted by Crippen LogP contribution is -2.23. The zero-order chi connectivity index (χ0) is 20.3. The van der Waals surface area contributed by atoms with Crippen molar-refractivity contribution in [2.24, 2.45) is 0 Å². The number of aliphatic hydroxyl groups excluding tert-OH is 1. The third-order valence-electron chi connectivity index (χ3n) is 4.27. The molecule has 0 aliphatic rings. The minimum atomic E-state index is -0.804. The Morgan fingerprint density at radius 2 is 1.82 bits per heavy atom. The van der Waals surface area contributed by atoms with E-state index in [1.165, 1.54) is 0 Å². The SMILES string of the molecule is Cc1c(N[C@@H](c2nnc(-c3ccc(C#N)cc3)o2)[C@H](C)O)ccc(C#N)c1I. The fourth-order valence-corrected chi connectivity index (χ4v) is 3.24. The summed E-state index contributed by atoms with van der Waals surface area (Å²) in [7, 11) is 0. The Balaban J connectivity index is 1.90. The fraction of sp³-hybridized carbons (Fsp3) is 0.200. The monoisotopic (exact) mass is 485 g/mol. The van der Waals surface area contributed by atoms with Crippen molar-refractivity contribution in [1.82, 2.24) is 10.2 Å². The van der Waals surface area contributed by atoms with Crippen LogP contribution < -0.4 is 5.32 Å². The third-order valence-corrected chi connectivity index (χ3v) is 5.66. The number of nitrogens with zero attached hydrogens (tertiary/aromatic N) is 4. The number of nitriles is 2. The number of aromatic nitrogens is 2. The van der Waals surface area contributed by atoms with Crippen LogP contribution in [0.2, 0.25) is 0 Å². The van der Waals surface area contributed by atoms with Crippen LogP contribution in [0.15, 0.2) is 40.8 Å². The third kappa shape index (κ3) is 3.98. The Bertz CT molecular complexity index is 1080. The highest BCUT2D eigenvalue weighted by molar-refractivity contribution is 14.1. The molecule has 0 unspecified atom stereocenters. The molecule has 28 heavy (non-hydrogen) atoms. The molecule has 8 heteroatoms. The van der Waals surface area contributed by atoms with Crippen molar-refractivity contribution in [3.8, 4) is 23.6 Å². The van der Waals surface area contributed by atoms with Crippen LogP contribution >= 0.6 is 22.6 Å². The second-order valence-corrected chi connectivity index (χ2v) is 7.29. The van der Waals surface area contributed by atoms with Gasteiger partial charge in [0.2, 0.25) is 11.8 Å². The molecular weight excluding hydrogens is 469 g/mol. The number of nitrogens with one attached hydrogen (secondary N) is 1. The number of halogens is 1. The minimum Gasteiger partial charge on any atom is -0.418 e. The number of rotatable bonds is 5. The Hall–Kier alpha value is -2.95. The normalized spacial score (nSPS) is 12.6. The molecule has 0 radical (unpaired) electrons. The van der Waals surface area contributed by atoms with Crippen LogP contribution in [0.3, 0.4) is 0 Å². The first kappa shape index (κ1) is 19.8. The molecule has 1 aromatic heterocycles. The van der Waals surface area contributed by atoms with Gasteiger partial charge < -0.3 is 14.8 Å². The molecule has 0 saturated carbocycles. The molecule has 0 bridgehead atoms. The van der Waals surface area contributed by atoms with Crippen LogP contribution in [0, 0.1) is 33.2 Å². The first-order valence-corrected chi connectivity index (χ1v) is 9.50. The minimum absolute atomic E-state index is 0.244. The van der Waals surface area contributed by atoms with Gasteiger partial charge in [-0.1, -0.05) is 0 Å². The molecule has 3 aromatic rings. The van der Waals surface area contributed by atoms with Gasteiger partial charge in [0.25, 0.3) is 0 Å². The highest BCUT2D eigenvalue weighted by atomic mass is 127. The largest absolute Gasteiger partial charge is 0.418 e. The zero-order valence-corrected chi connectivity index (χ0v) is 17.3. The van der Waals surface area contributed by atoms with Gasteiger partial charge in [-0.3, -0.25) is 0 Å². The number of hydrogen-bond donors (Lipinski definition) is 2. The summed E-state index contributed by atoms with van der Waals surface area (Å²) in [4.78, 5) is 0. The second-order valence-electron chi connectivity index (χ2n) is 6.21. The summed E-state index contributed by atoms with van der Waals surface area (Å²) in [5.41, 5.74) is 3.49. The lowest BCUT2D eigenvalue weighted by atomic mass is 10.1. The van der Waals surface area contributed by atoms with Crippen LogP contribution in [-0.4, -0.2) is 21.4 Å². The summed E-state index contributed by atoms with van der Waals surface area (Å²) in [5, 5.41) is 39.7. The van der Waals surface area contributed by atoms with Crippen LogP contribution in [0.5, 0.6) is 0 Å². The van der Waals surface area contributed by atoms with Gasteiger partial charge in [-0.25, -0.2) is 0 Å². The Morgan fingerprint density at radius 3 is 2.43 bits per heavy atom. The quantitative estimate of drug-likeness (QED) is 0.526. The van der Waals surface area contributed by atoms with Crippen molar-refractivity contribution in [2.45, 2.75) is 26.0 Å². The molecule has 2 atom stereocenters. The lowest BCUT2D eigenvalue weighted by molar-refractivity contribution is 0.159. The van der Waals surface area contributed by atoms with Crippen LogP contribution in [0.1, 0.15) is 35.5 Å². The number of hydrogen-bond acceptors (Lipinski definition) is 7. The second kappa shape index (κ2) is 8.38. The van der Waals surface area contributed by atoms with Crippen molar-refractivity contribution in [3.05, 3.63) is 62.5 Å². The molecule has 0 spiro atoms. The average molecular weight is 485 g/mol. The molecule has 140 valence electrons. The van der Waals surface area contributed by atoms with E-state index in [4.69, 9.17) is 14.9 Å². The Morgan fingerprint density at radius 1 is 1.11 bits per heavy atom. The van der Waals surface area contributed by atoms with Gasteiger partial charge in [0.1, 0.15) is 12.1 Å². The zero-order valence-electron chi connectivity index (χ0n) is 15.1. The number of anilines is 1. The summed E-state index contributed by atoms with van der Waals surface area (Å²) < 4.78 is 6.62. The summed E-state index contributed by atoms with van der Waals surface area (Å²) >= 11 is 2.13. The lowest BCUT2D eigenvalue weighted by Gasteiger charge is -2.21. The van der Waals surface area contributed by atoms with Gasteiger partial charge in [0, 0.05) is 14.8 Å². The highest BCUT2D eigenvalue weighted by Crippen LogP contribution is 2.30. The Labute approximate surface area is 175 Å². The van der Waals surface area contributed by atoms with Gasteiger partial charge in [-0.15, -0.1) is 10.2 Å². The van der Waals surface area contributed by atoms with Crippen molar-refractivity contribution in [1.29, 1.82) is 10.5 Å². The summed E-state index contributed by atoms with van der Waals surface area (Å²) in [6.07, 6.45) is -0.804. The summed E-state index contributed by atoms with van der Waals surface area (Å²) in [6, 6.07) is 13.9. The number of benzene rings is 2. The maximum atomic E-state index is 10.3. The molecule has 2 N–H and O–H groups in total. The van der Waals surface area contributed by atoms with E-state index in [1.54, 1.807) is 43.3 Å². The average Bonchev–Trinajstić information content (AvgIpc) is 3.18. The fourth-order valence-electron chi connectivity index (χ4n) is 2.65. The molecule has 0 aliphatic heterocycles. The standard InChI is InChI=1S/C20H16IN5O2/c1-11-16(8-7-15(10-23)17(11)21)24-18(12(2)27)20-26-25-19(28-20)14-5-3-13(9-22)4-6-14/h3-8,12,18,24,27H,1-2H3/t12-,18+/m0/s1. The van der Waals surface area contributed by atoms with Gasteiger partial charge in [-0.2, -0.15) is 10.5 Å². The molecule has 0 saturated heterocycles. The van der Waals surface area contributed by atoms with E-state index in [0.29, 0.717) is 22.6 Å². The van der Waals surface area contributed by atoms with Crippen LogP contribution in [0.4, 0.5) is 5.69 Å². The molecule has 0 amide bonds. The van der Waals surface area contributed by atoms with E-state index in [0.717, 1.165) is 14.8 Å². The van der Waals surface area contributed by atoms with E-state index in [9.17, 15) is 5.11 Å². The van der Waals surface area contributed by atoms with Gasteiger partial charge >= 0.3 is 0 Å². The highest BCUT2D eigenvalue weighted by Gasteiger charge is 2.25. The summed E-state index contributed by atoms with van der Waals surface area (Å²) in [5.74, 6) is 0.547. The van der Waals surface area contributed by atoms with Crippen molar-refractivity contribution in [3.63, 3.8) is 0 Å². The molecule has 0 aliphatic carbocycles. The Kier molecular flexibility index (Phi) is 5.93. The first-order chi connectivity index (χ1) is 13.4. The van der Waals surface area contributed by atoms with Gasteiger partial charge in [0.05, 0.1) is 23.3 Å². The number of aliphatic hydroxyl groups is 1. The van der Waals surface area contributed by atoms with Gasteiger partial charge in [0.15, 0.2) is 0 Å². The van der Waals surface area contributed by atoms with E-state index in [-0.39, 0.29) is 5.89 Å². The van der Waals surface area contributed by atoms with Crippen molar-refractivity contribution >= 4 is 28.3 Å². The molecule has 2 aromatic carbocycles. The predicted molar refractivity (Wildman–Crippen MR) is 111 cm³/mol. The van der Waals surface area contributed by atoms with Crippen molar-refractivity contribution < 1.29 is 9.52 Å². The van der Waals surface area contributed by atoms with Gasteiger partial charge in [-0.05, 0) is 78.4 Å². The van der Waals surface area contributed by atoms with Crippen LogP contribution in [-0.2, 0) is 0 Å². The molecule has 1 heterocycles. The van der Waals surface area contributed by atoms with Crippen LogP contribution in [0.25, 0.3) is 11.5 Å². The maximum absolute atomic E-state index is 10.3. The topological polar surface area (TPSA) is 119 Å². The molecule has 3 rings (SSSR count). The van der Waals surface area contributed by atoms with E-state index in [1.807, 2.05) is 6.92 Å². The van der Waals surface area contributed by atoms with Crippen molar-refractivity contribution in [2.75, 3.05) is 5.32 Å². The van der Waals surface area contributed by atoms with E-state index < -0.39 is 12.1 Å².